The van der Waals surface area contributed by atoms with E-state index in [2.05, 4.69) is 4.98 Å². The van der Waals surface area contributed by atoms with Crippen molar-refractivity contribution in [1.29, 1.82) is 0 Å². The smallest absolute Gasteiger partial charge is 0.253 e. The van der Waals surface area contributed by atoms with Crippen LogP contribution in [0.3, 0.4) is 0 Å². The predicted molar refractivity (Wildman–Crippen MR) is 135 cm³/mol. The van der Waals surface area contributed by atoms with E-state index >= 15 is 0 Å². The van der Waals surface area contributed by atoms with Crippen LogP contribution in [-0.4, -0.2) is 36.7 Å². The van der Waals surface area contributed by atoms with Crippen molar-refractivity contribution in [2.24, 2.45) is 0 Å². The highest BCUT2D eigenvalue weighted by Gasteiger charge is 2.19. The third-order valence-corrected chi connectivity index (χ3v) is 6.07. The Morgan fingerprint density at radius 2 is 1.91 bits per heavy atom. The highest BCUT2D eigenvalue weighted by molar-refractivity contribution is 7.22. The summed E-state index contributed by atoms with van der Waals surface area (Å²) in [6.45, 7) is 2.83. The number of nitrogens with zero attached hydrogens (tertiary/aromatic N) is 3. The zero-order valence-corrected chi connectivity index (χ0v) is 20.0. The highest BCUT2D eigenvalue weighted by atomic mass is 32.1. The minimum atomic E-state index is -0.204. The van der Waals surface area contributed by atoms with E-state index in [1.165, 1.54) is 17.4 Å². The molecule has 2 aromatic heterocycles. The predicted octanol–water partition coefficient (Wildman–Crippen LogP) is 5.35. The second-order valence-corrected chi connectivity index (χ2v) is 8.26. The number of methoxy groups -OCH3 is 2. The first-order chi connectivity index (χ1) is 16.6. The molecule has 0 N–H and O–H groups in total. The SMILES string of the molecule is CCOc1ccc2nc(N(Cc3ccccn3)C(=O)/C=C/c3ccc(OC)c(OC)c3)sc2c1. The number of carbonyl (C=O) groups is 1. The van der Waals surface area contributed by atoms with Gasteiger partial charge in [0, 0.05) is 12.3 Å². The summed E-state index contributed by atoms with van der Waals surface area (Å²) >= 11 is 1.44. The van der Waals surface area contributed by atoms with Crippen molar-refractivity contribution in [2.75, 3.05) is 25.7 Å². The van der Waals surface area contributed by atoms with E-state index in [-0.39, 0.29) is 5.91 Å². The zero-order valence-electron chi connectivity index (χ0n) is 19.2. The van der Waals surface area contributed by atoms with Crippen molar-refractivity contribution in [1.82, 2.24) is 9.97 Å². The van der Waals surface area contributed by atoms with Gasteiger partial charge in [-0.3, -0.25) is 14.7 Å². The second-order valence-electron chi connectivity index (χ2n) is 7.25. The first kappa shape index (κ1) is 23.3. The maximum Gasteiger partial charge on any atom is 0.253 e. The zero-order chi connectivity index (χ0) is 23.9. The molecule has 2 aromatic carbocycles. The van der Waals surface area contributed by atoms with Crippen molar-refractivity contribution in [3.8, 4) is 17.2 Å². The summed E-state index contributed by atoms with van der Waals surface area (Å²) in [5.74, 6) is 1.80. The Hall–Kier alpha value is -3.91. The van der Waals surface area contributed by atoms with Crippen LogP contribution in [0.4, 0.5) is 5.13 Å². The van der Waals surface area contributed by atoms with Gasteiger partial charge in [0.15, 0.2) is 16.6 Å². The molecule has 0 fully saturated rings. The van der Waals surface area contributed by atoms with Crippen molar-refractivity contribution in [3.63, 3.8) is 0 Å². The van der Waals surface area contributed by atoms with Crippen LogP contribution in [0.1, 0.15) is 18.2 Å². The first-order valence-corrected chi connectivity index (χ1v) is 11.6. The van der Waals surface area contributed by atoms with Gasteiger partial charge in [-0.2, -0.15) is 0 Å². The molecule has 0 saturated carbocycles. The van der Waals surface area contributed by atoms with Gasteiger partial charge in [-0.05, 0) is 61.0 Å². The monoisotopic (exact) mass is 475 g/mol. The molecule has 1 amide bonds. The molecule has 0 aliphatic carbocycles. The number of ether oxygens (including phenoxy) is 3. The van der Waals surface area contributed by atoms with Crippen LogP contribution < -0.4 is 19.1 Å². The van der Waals surface area contributed by atoms with Gasteiger partial charge >= 0.3 is 0 Å². The summed E-state index contributed by atoms with van der Waals surface area (Å²) in [4.78, 5) is 24.1. The Morgan fingerprint density at radius 1 is 1.06 bits per heavy atom. The van der Waals surface area contributed by atoms with Gasteiger partial charge in [-0.15, -0.1) is 0 Å². The molecular formula is C26H25N3O4S. The summed E-state index contributed by atoms with van der Waals surface area (Å²) < 4.78 is 17.2. The summed E-state index contributed by atoms with van der Waals surface area (Å²) in [6, 6.07) is 16.9. The van der Waals surface area contributed by atoms with Crippen LogP contribution >= 0.6 is 11.3 Å². The topological polar surface area (TPSA) is 73.8 Å². The number of anilines is 1. The van der Waals surface area contributed by atoms with Gasteiger partial charge < -0.3 is 14.2 Å². The molecule has 0 saturated heterocycles. The average Bonchev–Trinajstić information content (AvgIpc) is 3.29. The lowest BCUT2D eigenvalue weighted by Crippen LogP contribution is -2.29. The number of fused-ring (bicyclic) bond motifs is 1. The van der Waals surface area contributed by atoms with Crippen molar-refractivity contribution < 1.29 is 19.0 Å². The molecule has 2 heterocycles. The van der Waals surface area contributed by atoms with E-state index < -0.39 is 0 Å². The van der Waals surface area contributed by atoms with Crippen molar-refractivity contribution in [2.45, 2.75) is 13.5 Å². The van der Waals surface area contributed by atoms with Crippen LogP contribution in [0.5, 0.6) is 17.2 Å². The lowest BCUT2D eigenvalue weighted by atomic mass is 10.2. The van der Waals surface area contributed by atoms with Crippen LogP contribution in [0, 0.1) is 0 Å². The fourth-order valence-corrected chi connectivity index (χ4v) is 4.37. The molecule has 0 aliphatic rings. The van der Waals surface area contributed by atoms with E-state index in [1.54, 1.807) is 37.5 Å². The number of rotatable bonds is 9. The maximum absolute atomic E-state index is 13.3. The Balaban J connectivity index is 1.65. The molecule has 0 spiro atoms. The lowest BCUT2D eigenvalue weighted by Gasteiger charge is -2.17. The number of hydrogen-bond donors (Lipinski definition) is 0. The number of carbonyl (C=O) groups excluding carboxylic acids is 1. The Labute approximate surface area is 202 Å². The summed E-state index contributed by atoms with van der Waals surface area (Å²) in [5.41, 5.74) is 2.39. The number of aromatic nitrogens is 2. The third-order valence-electron chi connectivity index (χ3n) is 5.03. The molecule has 0 aliphatic heterocycles. The summed E-state index contributed by atoms with van der Waals surface area (Å²) in [6.07, 6.45) is 4.99. The molecule has 0 radical (unpaired) electrons. The number of amides is 1. The van der Waals surface area contributed by atoms with E-state index in [4.69, 9.17) is 19.2 Å². The van der Waals surface area contributed by atoms with Gasteiger partial charge in [0.2, 0.25) is 0 Å². The van der Waals surface area contributed by atoms with Gasteiger partial charge in [-0.1, -0.05) is 23.5 Å². The number of hydrogen-bond acceptors (Lipinski definition) is 7. The van der Waals surface area contributed by atoms with Crippen LogP contribution in [0.25, 0.3) is 16.3 Å². The standard InChI is InChI=1S/C26H25N3O4S/c1-4-33-20-10-11-21-24(16-20)34-26(28-21)29(17-19-7-5-6-14-27-19)25(30)13-9-18-8-12-22(31-2)23(15-18)32-3/h5-16H,4,17H2,1-3H3/b13-9+. The molecule has 4 rings (SSSR count). The Kier molecular flexibility index (Phi) is 7.39. The summed E-state index contributed by atoms with van der Waals surface area (Å²) in [5, 5.41) is 0.594. The second kappa shape index (κ2) is 10.8. The normalized spacial score (nSPS) is 11.0. The molecule has 0 unspecified atom stereocenters. The third kappa shape index (κ3) is 5.35. The Morgan fingerprint density at radius 3 is 2.65 bits per heavy atom. The number of thiazole rings is 1. The van der Waals surface area contributed by atoms with Gasteiger partial charge in [0.25, 0.3) is 5.91 Å². The first-order valence-electron chi connectivity index (χ1n) is 10.8. The number of pyridine rings is 1. The fourth-order valence-electron chi connectivity index (χ4n) is 3.37. The van der Waals surface area contributed by atoms with Gasteiger partial charge in [-0.25, -0.2) is 4.98 Å². The van der Waals surface area contributed by atoms with Gasteiger partial charge in [0.1, 0.15) is 5.75 Å². The highest BCUT2D eigenvalue weighted by Crippen LogP contribution is 2.33. The van der Waals surface area contributed by atoms with Crippen LogP contribution in [0.2, 0.25) is 0 Å². The van der Waals surface area contributed by atoms with E-state index in [0.717, 1.165) is 27.2 Å². The van der Waals surface area contributed by atoms with Crippen molar-refractivity contribution in [3.05, 3.63) is 78.1 Å². The fraction of sp³-hybridized carbons (Fsp3) is 0.192. The summed E-state index contributed by atoms with van der Waals surface area (Å²) in [7, 11) is 3.16. The van der Waals surface area contributed by atoms with E-state index in [9.17, 15) is 4.79 Å². The Bertz CT molecular complexity index is 1300. The number of benzene rings is 2. The maximum atomic E-state index is 13.3. The van der Waals surface area contributed by atoms with E-state index in [0.29, 0.717) is 29.8 Å². The van der Waals surface area contributed by atoms with Crippen LogP contribution in [0.15, 0.2) is 66.9 Å². The molecule has 0 atom stereocenters. The average molecular weight is 476 g/mol. The molecule has 4 aromatic rings. The lowest BCUT2D eigenvalue weighted by molar-refractivity contribution is -0.114. The van der Waals surface area contributed by atoms with Crippen molar-refractivity contribution >= 4 is 38.7 Å². The quantitative estimate of drug-likeness (QED) is 0.304. The molecule has 174 valence electrons. The van der Waals surface area contributed by atoms with Gasteiger partial charge in [0.05, 0.1) is 43.3 Å². The minimum Gasteiger partial charge on any atom is -0.494 e. The molecule has 8 heteroatoms. The molecule has 34 heavy (non-hydrogen) atoms. The molecule has 0 bridgehead atoms. The van der Waals surface area contributed by atoms with Crippen LogP contribution in [-0.2, 0) is 11.3 Å². The molecular weight excluding hydrogens is 450 g/mol. The molecule has 7 nitrogen and oxygen atoms in total. The largest absolute Gasteiger partial charge is 0.494 e. The van der Waals surface area contributed by atoms with E-state index in [1.807, 2.05) is 55.5 Å². The minimum absolute atomic E-state index is 0.204.